The van der Waals surface area contributed by atoms with Crippen LogP contribution >= 0.6 is 0 Å². The Morgan fingerprint density at radius 2 is 1.87 bits per heavy atom. The molecule has 4 aliphatic heterocycles. The molecule has 5 heterocycles. The number of carbonyl (C=O) groups is 2. The Balaban J connectivity index is 1.26. The van der Waals surface area contributed by atoms with Gasteiger partial charge in [0.15, 0.2) is 0 Å². The zero-order chi connectivity index (χ0) is 32.8. The van der Waals surface area contributed by atoms with E-state index in [1.807, 2.05) is 45.9 Å². The minimum Gasteiger partial charge on any atom is -0.444 e. The molecule has 0 spiro atoms. The second-order valence-corrected chi connectivity index (χ2v) is 13.3. The van der Waals surface area contributed by atoms with Crippen LogP contribution < -0.4 is 16.3 Å². The molecule has 12 heteroatoms. The molecule has 236 valence electrons. The van der Waals surface area contributed by atoms with E-state index in [0.717, 1.165) is 52.5 Å². The number of carbonyl (C=O) groups excluding carboxylic acids is 2. The molecule has 6 rings (SSSR count). The van der Waals surface area contributed by atoms with Crippen molar-refractivity contribution in [2.75, 3.05) is 30.3 Å². The molecular formula is C34H37N9O3. The Morgan fingerprint density at radius 3 is 2.61 bits per heavy atom. The molecule has 1 aromatic heterocycles. The molecule has 0 saturated carbocycles. The molecule has 46 heavy (non-hydrogen) atoms. The first-order valence-corrected chi connectivity index (χ1v) is 15.3. The van der Waals surface area contributed by atoms with Gasteiger partial charge in [-0.15, -0.1) is 0 Å². The van der Waals surface area contributed by atoms with Crippen molar-refractivity contribution in [3.05, 3.63) is 71.2 Å². The second-order valence-electron chi connectivity index (χ2n) is 13.3. The average molecular weight is 620 g/mol. The maximum atomic E-state index is 13.2. The van der Waals surface area contributed by atoms with Gasteiger partial charge in [-0.3, -0.25) is 9.78 Å². The summed E-state index contributed by atoms with van der Waals surface area (Å²) < 4.78 is 7.58. The van der Waals surface area contributed by atoms with Crippen LogP contribution in [0.25, 0.3) is 22.5 Å². The van der Waals surface area contributed by atoms with Crippen LogP contribution in [0.3, 0.4) is 0 Å². The summed E-state index contributed by atoms with van der Waals surface area (Å²) in [7, 11) is 0. The van der Waals surface area contributed by atoms with E-state index in [1.165, 1.54) is 0 Å². The Kier molecular flexibility index (Phi) is 7.72. The lowest BCUT2D eigenvalue weighted by molar-refractivity contribution is 0.00866. The van der Waals surface area contributed by atoms with Crippen molar-refractivity contribution in [1.29, 1.82) is 5.26 Å². The third-order valence-corrected chi connectivity index (χ3v) is 8.08. The van der Waals surface area contributed by atoms with Gasteiger partial charge in [0.2, 0.25) is 5.62 Å². The van der Waals surface area contributed by atoms with Gasteiger partial charge >= 0.3 is 6.09 Å². The standard InChI is InChI=1S/C34H37N9O3/c1-20-7-8-23(39-30(44)27-14-22(9-10-36-27)34(5,6)19-35)15-25(20)26-13-21-16-38-31(41-28(21)43-12-11-37-29(26)43)40-24-17-42(18-24)32(45)46-33(2,3)4/h7-10,13-16,24,37H,11-12,17-18H2,1-6H3,(H,39,44). The summed E-state index contributed by atoms with van der Waals surface area (Å²) in [5.74, 6) is 1.35. The van der Waals surface area contributed by atoms with E-state index in [2.05, 4.69) is 42.3 Å². The monoisotopic (exact) mass is 619 g/mol. The highest BCUT2D eigenvalue weighted by atomic mass is 16.6. The zero-order valence-electron chi connectivity index (χ0n) is 26.9. The predicted molar refractivity (Wildman–Crippen MR) is 173 cm³/mol. The van der Waals surface area contributed by atoms with E-state index in [0.29, 0.717) is 24.4 Å². The van der Waals surface area contributed by atoms with Crippen molar-refractivity contribution in [1.82, 2.24) is 24.4 Å². The average Bonchev–Trinajstić information content (AvgIpc) is 3.49. The lowest BCUT2D eigenvalue weighted by Crippen LogP contribution is -2.54. The first-order valence-electron chi connectivity index (χ1n) is 15.3. The fourth-order valence-electron chi connectivity index (χ4n) is 5.50. The lowest BCUT2D eigenvalue weighted by atomic mass is 9.86. The number of nitriles is 1. The molecule has 2 N–H and O–H groups in total. The fourth-order valence-corrected chi connectivity index (χ4v) is 5.50. The number of aryl methyl sites for hydroxylation is 1. The SMILES string of the molecule is Cc1ccc(NC(=O)c2cc(C(C)(C)C#N)ccn2)cc1-c1cc2cnc(=NC3CN(C(=O)OC(C)(C)C)C3)nc-2n2c1NCC2. The maximum absolute atomic E-state index is 13.2. The Hall–Kier alpha value is -5.31. The molecule has 0 unspecified atom stereocenters. The molecule has 4 aliphatic rings. The molecule has 2 aromatic rings. The van der Waals surface area contributed by atoms with E-state index in [-0.39, 0.29) is 23.7 Å². The summed E-state index contributed by atoms with van der Waals surface area (Å²) >= 11 is 0. The van der Waals surface area contributed by atoms with Gasteiger partial charge in [0.05, 0.1) is 17.5 Å². The van der Waals surface area contributed by atoms with Gasteiger partial charge < -0.3 is 24.8 Å². The highest BCUT2D eigenvalue weighted by Gasteiger charge is 2.34. The van der Waals surface area contributed by atoms with Crippen molar-refractivity contribution in [2.45, 2.75) is 65.1 Å². The van der Waals surface area contributed by atoms with E-state index >= 15 is 0 Å². The van der Waals surface area contributed by atoms with E-state index < -0.39 is 11.0 Å². The second kappa shape index (κ2) is 11.6. The van der Waals surface area contributed by atoms with Crippen molar-refractivity contribution >= 4 is 23.5 Å². The number of ether oxygens (including phenoxy) is 1. The first kappa shape index (κ1) is 30.7. The molecule has 0 radical (unpaired) electrons. The van der Waals surface area contributed by atoms with Crippen LogP contribution in [0.2, 0.25) is 0 Å². The number of pyridine rings is 2. The van der Waals surface area contributed by atoms with Crippen molar-refractivity contribution < 1.29 is 14.3 Å². The number of benzene rings is 1. The van der Waals surface area contributed by atoms with Crippen LogP contribution in [0.1, 0.15) is 56.2 Å². The Labute approximate surface area is 267 Å². The van der Waals surface area contributed by atoms with Crippen molar-refractivity contribution in [2.24, 2.45) is 4.99 Å². The summed E-state index contributed by atoms with van der Waals surface area (Å²) in [5, 5.41) is 16.0. The van der Waals surface area contributed by atoms with Gasteiger partial charge in [0, 0.05) is 55.4 Å². The molecule has 0 aliphatic carbocycles. The quantitative estimate of drug-likeness (QED) is 0.325. The largest absolute Gasteiger partial charge is 0.444 e. The van der Waals surface area contributed by atoms with Gasteiger partial charge in [-0.05, 0) is 88.6 Å². The van der Waals surface area contributed by atoms with Gasteiger partial charge in [0.1, 0.15) is 22.9 Å². The Morgan fingerprint density at radius 1 is 1.09 bits per heavy atom. The fraction of sp³-hybridized carbons (Fsp3) is 0.382. The molecule has 1 saturated heterocycles. The maximum Gasteiger partial charge on any atom is 0.410 e. The molecule has 0 bridgehead atoms. The predicted octanol–water partition coefficient (Wildman–Crippen LogP) is 4.75. The number of hydrogen-bond donors (Lipinski definition) is 2. The molecule has 2 amide bonds. The molecular weight excluding hydrogens is 582 g/mol. The third kappa shape index (κ3) is 6.13. The summed E-state index contributed by atoms with van der Waals surface area (Å²) in [4.78, 5) is 45.4. The van der Waals surface area contributed by atoms with Crippen LogP contribution in [0.4, 0.5) is 16.3 Å². The number of amides is 2. The van der Waals surface area contributed by atoms with E-state index in [1.54, 1.807) is 43.3 Å². The number of likely N-dealkylation sites (tertiary alicyclic amines) is 1. The zero-order valence-corrected chi connectivity index (χ0v) is 26.9. The van der Waals surface area contributed by atoms with Gasteiger partial charge in [0.25, 0.3) is 5.91 Å². The van der Waals surface area contributed by atoms with Crippen LogP contribution in [-0.4, -0.2) is 67.7 Å². The number of anilines is 2. The highest BCUT2D eigenvalue weighted by molar-refractivity contribution is 6.03. The van der Waals surface area contributed by atoms with Crippen molar-refractivity contribution in [3.63, 3.8) is 0 Å². The number of nitrogens with zero attached hydrogens (tertiary/aromatic N) is 7. The van der Waals surface area contributed by atoms with E-state index in [4.69, 9.17) is 9.72 Å². The van der Waals surface area contributed by atoms with Crippen LogP contribution in [-0.2, 0) is 16.7 Å². The topological polar surface area (TPSA) is 150 Å². The number of aromatic nitrogens is 4. The Bertz CT molecular complexity index is 1930. The van der Waals surface area contributed by atoms with Gasteiger partial charge in [-0.25, -0.2) is 14.8 Å². The number of hydrogen-bond acceptors (Lipinski definition) is 9. The third-order valence-electron chi connectivity index (χ3n) is 8.08. The molecule has 1 aromatic carbocycles. The van der Waals surface area contributed by atoms with Gasteiger partial charge in [-0.1, -0.05) is 6.07 Å². The first-order chi connectivity index (χ1) is 21.8. The minimum atomic E-state index is -0.741. The lowest BCUT2D eigenvalue weighted by Gasteiger charge is -2.37. The summed E-state index contributed by atoms with van der Waals surface area (Å²) in [5.41, 5.74) is 4.51. The number of rotatable bonds is 5. The summed E-state index contributed by atoms with van der Waals surface area (Å²) in [6.07, 6.45) is 2.99. The van der Waals surface area contributed by atoms with Crippen LogP contribution in [0.15, 0.2) is 53.8 Å². The summed E-state index contributed by atoms with van der Waals surface area (Å²) in [6, 6.07) is 13.4. The minimum absolute atomic E-state index is 0.0866. The van der Waals surface area contributed by atoms with Gasteiger partial charge in [-0.2, -0.15) is 10.2 Å². The molecule has 1 fully saturated rings. The molecule has 12 nitrogen and oxygen atoms in total. The normalized spacial score (nSPS) is 15.2. The molecule has 0 atom stereocenters. The van der Waals surface area contributed by atoms with Crippen LogP contribution in [0.5, 0.6) is 0 Å². The smallest absolute Gasteiger partial charge is 0.410 e. The van der Waals surface area contributed by atoms with Crippen molar-refractivity contribution in [3.8, 4) is 28.6 Å². The number of nitrogens with one attached hydrogen (secondary N) is 2. The highest BCUT2D eigenvalue weighted by Crippen LogP contribution is 2.39. The van der Waals surface area contributed by atoms with E-state index in [9.17, 15) is 14.9 Å². The number of fused-ring (bicyclic) bond motifs is 3. The van der Waals surface area contributed by atoms with Crippen LogP contribution in [0, 0.1) is 18.3 Å². The summed E-state index contributed by atoms with van der Waals surface area (Å²) in [6.45, 7) is 13.6.